The molecule has 0 aliphatic heterocycles. The molecular formula is C23H30N2O2. The van der Waals surface area contributed by atoms with Crippen LogP contribution in [0.1, 0.15) is 43.2 Å². The summed E-state index contributed by atoms with van der Waals surface area (Å²) in [7, 11) is 3.29. The van der Waals surface area contributed by atoms with Crippen molar-refractivity contribution in [3.8, 4) is 0 Å². The topological polar surface area (TPSA) is 32.8 Å². The van der Waals surface area contributed by atoms with Gasteiger partial charge in [0.1, 0.15) is 5.54 Å². The Morgan fingerprint density at radius 3 is 1.81 bits per heavy atom. The fraction of sp³-hybridized carbons (Fsp3) is 0.435. The van der Waals surface area contributed by atoms with Crippen molar-refractivity contribution in [3.05, 3.63) is 71.8 Å². The lowest BCUT2D eigenvalue weighted by atomic mass is 9.78. The van der Waals surface area contributed by atoms with E-state index in [1.54, 1.807) is 14.2 Å². The summed E-state index contributed by atoms with van der Waals surface area (Å²) in [5.74, 6) is 0.0663. The van der Waals surface area contributed by atoms with Crippen molar-refractivity contribution in [2.75, 3.05) is 14.2 Å². The Morgan fingerprint density at radius 1 is 0.889 bits per heavy atom. The molecule has 2 aromatic carbocycles. The summed E-state index contributed by atoms with van der Waals surface area (Å²) in [6, 6.07) is 20.9. The number of carbonyl (C=O) groups excluding carboxylic acids is 1. The third-order valence-electron chi connectivity index (χ3n) is 5.68. The molecule has 1 fully saturated rings. The van der Waals surface area contributed by atoms with Crippen molar-refractivity contribution >= 4 is 5.91 Å². The number of hydrogen-bond acceptors (Lipinski definition) is 3. The lowest BCUT2D eigenvalue weighted by molar-refractivity contribution is -0.186. The van der Waals surface area contributed by atoms with Crippen LogP contribution in [0.4, 0.5) is 0 Å². The molecule has 0 saturated heterocycles. The van der Waals surface area contributed by atoms with E-state index in [-0.39, 0.29) is 5.91 Å². The Labute approximate surface area is 162 Å². The number of rotatable bonds is 7. The molecule has 0 N–H and O–H groups in total. The van der Waals surface area contributed by atoms with Crippen molar-refractivity contribution in [1.29, 1.82) is 0 Å². The second-order valence-electron chi connectivity index (χ2n) is 7.40. The Hall–Kier alpha value is -2.17. The van der Waals surface area contributed by atoms with Crippen LogP contribution in [0.15, 0.2) is 60.7 Å². The summed E-state index contributed by atoms with van der Waals surface area (Å²) < 4.78 is 0. The van der Waals surface area contributed by atoms with Gasteiger partial charge in [0.15, 0.2) is 0 Å². The second-order valence-corrected chi connectivity index (χ2v) is 7.40. The van der Waals surface area contributed by atoms with Gasteiger partial charge in [-0.15, -0.1) is 0 Å². The van der Waals surface area contributed by atoms with Gasteiger partial charge in [0.2, 0.25) is 0 Å². The van der Waals surface area contributed by atoms with Crippen molar-refractivity contribution in [2.24, 2.45) is 0 Å². The Balaban J connectivity index is 1.97. The molecule has 2 aromatic rings. The smallest absolute Gasteiger partial charge is 0.266 e. The fourth-order valence-electron chi connectivity index (χ4n) is 4.14. The monoisotopic (exact) mass is 366 g/mol. The molecule has 144 valence electrons. The zero-order chi connectivity index (χ0) is 19.1. The van der Waals surface area contributed by atoms with Gasteiger partial charge >= 0.3 is 0 Å². The number of hydroxylamine groups is 2. The average Bonchev–Trinajstić information content (AvgIpc) is 2.74. The van der Waals surface area contributed by atoms with Crippen LogP contribution < -0.4 is 0 Å². The minimum Gasteiger partial charge on any atom is -0.281 e. The summed E-state index contributed by atoms with van der Waals surface area (Å²) in [5, 5.41) is 1.41. The number of nitrogens with zero attached hydrogens (tertiary/aromatic N) is 2. The molecule has 27 heavy (non-hydrogen) atoms. The molecule has 0 heterocycles. The van der Waals surface area contributed by atoms with Crippen LogP contribution in [0.3, 0.4) is 0 Å². The number of carbonyl (C=O) groups is 1. The van der Waals surface area contributed by atoms with Crippen molar-refractivity contribution in [1.82, 2.24) is 9.96 Å². The number of likely N-dealkylation sites (N-methyl/N-ethyl adjacent to an activating group) is 1. The molecule has 1 aliphatic rings. The second kappa shape index (κ2) is 9.16. The van der Waals surface area contributed by atoms with Crippen LogP contribution in [0.5, 0.6) is 0 Å². The molecule has 4 nitrogen and oxygen atoms in total. The van der Waals surface area contributed by atoms with Crippen molar-refractivity contribution < 1.29 is 9.63 Å². The molecule has 0 spiro atoms. The quantitative estimate of drug-likeness (QED) is 0.681. The van der Waals surface area contributed by atoms with E-state index in [0.29, 0.717) is 0 Å². The van der Waals surface area contributed by atoms with E-state index in [0.717, 1.165) is 38.8 Å². The maximum atomic E-state index is 13.4. The maximum Gasteiger partial charge on any atom is 0.266 e. The molecule has 1 amide bonds. The predicted octanol–water partition coefficient (Wildman–Crippen LogP) is 4.41. The first kappa shape index (κ1) is 19.6. The van der Waals surface area contributed by atoms with E-state index in [9.17, 15) is 4.79 Å². The maximum absolute atomic E-state index is 13.4. The first-order valence-corrected chi connectivity index (χ1v) is 9.81. The SMILES string of the molecule is CON(C)C(=O)C1(N(Cc2ccccc2)Cc2ccccc2)CCCCC1. The van der Waals surface area contributed by atoms with Gasteiger partial charge in [0.25, 0.3) is 5.91 Å². The third-order valence-corrected chi connectivity index (χ3v) is 5.68. The highest BCUT2D eigenvalue weighted by Gasteiger charge is 2.46. The van der Waals surface area contributed by atoms with E-state index in [4.69, 9.17) is 4.84 Å². The Morgan fingerprint density at radius 2 is 1.37 bits per heavy atom. The predicted molar refractivity (Wildman–Crippen MR) is 108 cm³/mol. The van der Waals surface area contributed by atoms with Gasteiger partial charge in [0, 0.05) is 20.1 Å². The molecule has 0 aromatic heterocycles. The van der Waals surface area contributed by atoms with Gasteiger partial charge in [-0.3, -0.25) is 14.5 Å². The number of amides is 1. The summed E-state index contributed by atoms with van der Waals surface area (Å²) >= 11 is 0. The van der Waals surface area contributed by atoms with Crippen LogP contribution in [0.2, 0.25) is 0 Å². The minimum absolute atomic E-state index is 0.0663. The van der Waals surface area contributed by atoms with Crippen LogP contribution in [-0.4, -0.2) is 35.6 Å². The highest BCUT2D eigenvalue weighted by molar-refractivity contribution is 5.85. The largest absolute Gasteiger partial charge is 0.281 e. The van der Waals surface area contributed by atoms with Crippen molar-refractivity contribution in [3.63, 3.8) is 0 Å². The van der Waals surface area contributed by atoms with Crippen LogP contribution >= 0.6 is 0 Å². The number of hydrogen-bond donors (Lipinski definition) is 0. The fourth-order valence-corrected chi connectivity index (χ4v) is 4.14. The lowest BCUT2D eigenvalue weighted by Crippen LogP contribution is -2.59. The molecule has 0 atom stereocenters. The first-order valence-electron chi connectivity index (χ1n) is 9.81. The molecule has 0 radical (unpaired) electrons. The highest BCUT2D eigenvalue weighted by Crippen LogP contribution is 2.37. The zero-order valence-electron chi connectivity index (χ0n) is 16.4. The molecule has 0 bridgehead atoms. The van der Waals surface area contributed by atoms with Crippen LogP contribution in [0.25, 0.3) is 0 Å². The summed E-state index contributed by atoms with van der Waals surface area (Å²) in [6.45, 7) is 1.50. The molecule has 3 rings (SSSR count). The molecular weight excluding hydrogens is 336 g/mol. The van der Waals surface area contributed by atoms with E-state index in [1.807, 2.05) is 12.1 Å². The average molecular weight is 367 g/mol. The summed E-state index contributed by atoms with van der Waals surface area (Å²) in [6.07, 6.45) is 5.08. The summed E-state index contributed by atoms with van der Waals surface area (Å²) in [5.41, 5.74) is 1.94. The molecule has 4 heteroatoms. The van der Waals surface area contributed by atoms with Gasteiger partial charge in [-0.25, -0.2) is 5.06 Å². The molecule has 1 saturated carbocycles. The molecule has 0 unspecified atom stereocenters. The third kappa shape index (κ3) is 4.57. The zero-order valence-corrected chi connectivity index (χ0v) is 16.4. The van der Waals surface area contributed by atoms with Crippen molar-refractivity contribution in [2.45, 2.75) is 50.7 Å². The standard InChI is InChI=1S/C23H30N2O2/c1-24(27-2)22(26)23(16-10-5-11-17-23)25(18-20-12-6-3-7-13-20)19-21-14-8-4-9-15-21/h3-4,6-9,12-15H,5,10-11,16-19H2,1-2H3. The van der Waals surface area contributed by atoms with E-state index >= 15 is 0 Å². The van der Waals surface area contributed by atoms with E-state index < -0.39 is 5.54 Å². The first-order chi connectivity index (χ1) is 13.2. The van der Waals surface area contributed by atoms with E-state index in [1.165, 1.54) is 22.6 Å². The lowest BCUT2D eigenvalue weighted by Gasteiger charge is -2.46. The Kier molecular flexibility index (Phi) is 6.64. The number of benzene rings is 2. The molecule has 1 aliphatic carbocycles. The van der Waals surface area contributed by atoms with Gasteiger partial charge in [-0.1, -0.05) is 79.9 Å². The van der Waals surface area contributed by atoms with Gasteiger partial charge in [0.05, 0.1) is 7.11 Å². The Bertz CT molecular complexity index is 670. The van der Waals surface area contributed by atoms with E-state index in [2.05, 4.69) is 53.4 Å². The van der Waals surface area contributed by atoms with Gasteiger partial charge in [-0.2, -0.15) is 0 Å². The highest BCUT2D eigenvalue weighted by atomic mass is 16.7. The minimum atomic E-state index is -0.519. The van der Waals surface area contributed by atoms with Gasteiger partial charge < -0.3 is 0 Å². The van der Waals surface area contributed by atoms with Crippen LogP contribution in [0, 0.1) is 0 Å². The normalized spacial score (nSPS) is 16.3. The van der Waals surface area contributed by atoms with Gasteiger partial charge in [-0.05, 0) is 24.0 Å². The summed E-state index contributed by atoms with van der Waals surface area (Å²) in [4.78, 5) is 21.1. The van der Waals surface area contributed by atoms with Crippen LogP contribution in [-0.2, 0) is 22.7 Å².